The Kier molecular flexibility index (Phi) is 30.0. The quantitative estimate of drug-likeness (QED) is 0.0506. The second-order valence-corrected chi connectivity index (χ2v) is 43.7. The molecule has 23 heteroatoms. The van der Waals surface area contributed by atoms with Crippen LogP contribution >= 0.6 is 95.6 Å². The summed E-state index contributed by atoms with van der Waals surface area (Å²) in [4.78, 5) is 46.6. The number of H-pyrrole nitrogens is 6. The van der Waals surface area contributed by atoms with Crippen molar-refractivity contribution < 1.29 is 23.1 Å². The molecular formula is C117H114Br6F2N12O3. The number of alkyl halides is 2. The highest BCUT2D eigenvalue weighted by Crippen LogP contribution is 2.46. The van der Waals surface area contributed by atoms with E-state index in [1.54, 1.807) is 24.3 Å². The average molecular weight is 2250 g/mol. The maximum atomic E-state index is 12.9. The Morgan fingerprint density at radius 3 is 0.907 bits per heavy atom. The van der Waals surface area contributed by atoms with Gasteiger partial charge in [0.05, 0.1) is 36.3 Å². The Balaban J connectivity index is 0.000000107. The van der Waals surface area contributed by atoms with Gasteiger partial charge in [0.2, 0.25) is 0 Å². The van der Waals surface area contributed by atoms with Crippen LogP contribution in [-0.4, -0.2) is 47.8 Å². The normalized spacial score (nSPS) is 17.2. The van der Waals surface area contributed by atoms with Crippen molar-refractivity contribution in [2.24, 2.45) is 0 Å². The SMILES string of the molecule is CC(F)(F)Oc1ccc(NC2CCCc3c2[nH]c2ccc(Br)cc32)cc1.Cc1cc(C)cc(NC2CCCc3c2[nH]c2ccc(Br)cc32)c1.Cc1ccc(NC2CCCc3c2[nH]c2ccc(Br)cc32)cc1.Cc1cccc(C(=O)NC2CCCc3c2[nH]c2ccc(Br)cc32)c1.Cc1cccc(NC2CCCc3c2[nH]c2ccc(Br)cc32)c1.O=C(NC1CCCc2c1[nH]c1ccc(Br)cc21)c1ccccc1. The van der Waals surface area contributed by atoms with Crippen molar-refractivity contribution in [3.05, 3.63) is 388 Å². The molecular weight excluding hydrogens is 2140 g/mol. The molecule has 18 aromatic rings. The van der Waals surface area contributed by atoms with Gasteiger partial charge in [-0.3, -0.25) is 9.59 Å². The first kappa shape index (κ1) is 97.4. The number of aryl methyl sites for hydroxylation is 11. The number of hydrogen-bond acceptors (Lipinski definition) is 7. The molecule has 6 unspecified atom stereocenters. The number of benzene rings is 12. The molecule has 15 nitrogen and oxygen atoms in total. The number of carbonyl (C=O) groups is 2. The molecule has 0 radical (unpaired) electrons. The zero-order valence-corrected chi connectivity index (χ0v) is 88.7. The predicted molar refractivity (Wildman–Crippen MR) is 593 cm³/mol. The monoisotopic (exact) mass is 2250 g/mol. The summed E-state index contributed by atoms with van der Waals surface area (Å²) in [5.74, 6) is 0.141. The Hall–Kier alpha value is -11.4. The third kappa shape index (κ3) is 22.8. The van der Waals surface area contributed by atoms with Crippen molar-refractivity contribution in [3.63, 3.8) is 0 Å². The van der Waals surface area contributed by atoms with Crippen LogP contribution in [0.2, 0.25) is 0 Å². The number of carbonyl (C=O) groups excluding carboxylic acids is 2. The van der Waals surface area contributed by atoms with Crippen LogP contribution in [0.1, 0.15) is 236 Å². The number of hydrogen-bond donors (Lipinski definition) is 12. The van der Waals surface area contributed by atoms with Crippen molar-refractivity contribution in [3.8, 4) is 5.75 Å². The molecule has 6 heterocycles. The number of ether oxygens (including phenoxy) is 1. The molecule has 6 aliphatic rings. The highest BCUT2D eigenvalue weighted by molar-refractivity contribution is 9.11. The second-order valence-electron chi connectivity index (χ2n) is 38.2. The first-order valence-corrected chi connectivity index (χ1v) is 53.5. The molecule has 140 heavy (non-hydrogen) atoms. The lowest BCUT2D eigenvalue weighted by atomic mass is 9.91. The van der Waals surface area contributed by atoms with Crippen molar-refractivity contribution in [1.29, 1.82) is 0 Å². The molecule has 716 valence electrons. The Labute approximate surface area is 866 Å². The predicted octanol–water partition coefficient (Wildman–Crippen LogP) is 33.7. The van der Waals surface area contributed by atoms with Gasteiger partial charge < -0.3 is 66.5 Å². The van der Waals surface area contributed by atoms with E-state index in [2.05, 4.69) is 348 Å². The summed E-state index contributed by atoms with van der Waals surface area (Å²) in [7, 11) is 0. The van der Waals surface area contributed by atoms with Crippen LogP contribution in [0.4, 0.5) is 31.5 Å². The van der Waals surface area contributed by atoms with E-state index >= 15 is 0 Å². The fourth-order valence-corrected chi connectivity index (χ4v) is 23.6. The molecule has 0 saturated carbocycles. The van der Waals surface area contributed by atoms with Crippen LogP contribution in [-0.2, 0) is 38.5 Å². The van der Waals surface area contributed by atoms with Crippen LogP contribution in [0.3, 0.4) is 0 Å². The Morgan fingerprint density at radius 2 is 0.571 bits per heavy atom. The fraction of sp³-hybridized carbons (Fsp3) is 0.265. The summed E-state index contributed by atoms with van der Waals surface area (Å²) in [6.07, 6.45) is 17.0. The van der Waals surface area contributed by atoms with E-state index in [9.17, 15) is 18.4 Å². The van der Waals surface area contributed by atoms with E-state index < -0.39 is 6.11 Å². The minimum absolute atomic E-state index is 0.00335. The van der Waals surface area contributed by atoms with Crippen LogP contribution in [0.25, 0.3) is 65.4 Å². The molecule has 0 fully saturated rings. The van der Waals surface area contributed by atoms with Crippen LogP contribution in [0.5, 0.6) is 5.75 Å². The smallest absolute Gasteiger partial charge is 0.394 e. The zero-order chi connectivity index (χ0) is 97.0. The Morgan fingerprint density at radius 1 is 0.286 bits per heavy atom. The molecule has 0 spiro atoms. The minimum atomic E-state index is -3.17. The van der Waals surface area contributed by atoms with Gasteiger partial charge in [0.15, 0.2) is 0 Å². The number of nitrogens with one attached hydrogen (secondary N) is 12. The lowest BCUT2D eigenvalue weighted by Crippen LogP contribution is -2.31. The summed E-state index contributed by atoms with van der Waals surface area (Å²) in [6.45, 7) is 11.3. The topological polar surface area (TPSA) is 210 Å². The first-order chi connectivity index (χ1) is 67.7. The Bertz CT molecular complexity index is 7540. The minimum Gasteiger partial charge on any atom is -0.433 e. The molecule has 24 rings (SSSR count). The van der Waals surface area contributed by atoms with E-state index in [-0.39, 0.29) is 35.7 Å². The van der Waals surface area contributed by atoms with Gasteiger partial charge in [0, 0.05) is 167 Å². The van der Waals surface area contributed by atoms with Crippen LogP contribution < -0.4 is 36.6 Å². The van der Waals surface area contributed by atoms with Gasteiger partial charge in [-0.15, -0.1) is 0 Å². The molecule has 0 saturated heterocycles. The van der Waals surface area contributed by atoms with E-state index in [4.69, 9.17) is 0 Å². The number of halogens is 8. The lowest BCUT2D eigenvalue weighted by molar-refractivity contribution is -0.158. The van der Waals surface area contributed by atoms with Gasteiger partial charge >= 0.3 is 6.11 Å². The summed E-state index contributed by atoms with van der Waals surface area (Å²) in [5, 5.41) is 28.9. The van der Waals surface area contributed by atoms with E-state index in [1.165, 1.54) is 183 Å². The fourth-order valence-electron chi connectivity index (χ4n) is 21.4. The molecule has 12 aromatic carbocycles. The van der Waals surface area contributed by atoms with Crippen molar-refractivity contribution >= 4 is 196 Å². The summed E-state index contributed by atoms with van der Waals surface area (Å²) in [5.41, 5.74) is 35.5. The number of fused-ring (bicyclic) bond motifs is 18. The average Bonchev–Trinajstić information content (AvgIpc) is 1.64. The molecule has 0 bridgehead atoms. The van der Waals surface area contributed by atoms with Crippen LogP contribution in [0.15, 0.2) is 282 Å². The van der Waals surface area contributed by atoms with Crippen molar-refractivity contribution in [2.45, 2.75) is 199 Å². The zero-order valence-electron chi connectivity index (χ0n) is 79.2. The highest BCUT2D eigenvalue weighted by Gasteiger charge is 2.33. The summed E-state index contributed by atoms with van der Waals surface area (Å²) < 4.78 is 37.1. The van der Waals surface area contributed by atoms with Gasteiger partial charge in [0.1, 0.15) is 5.75 Å². The molecule has 6 aromatic heterocycles. The van der Waals surface area contributed by atoms with E-state index in [0.717, 1.165) is 156 Å². The molecule has 12 N–H and O–H groups in total. The summed E-state index contributed by atoms with van der Waals surface area (Å²) in [6, 6.07) is 87.6. The lowest BCUT2D eigenvalue weighted by Gasteiger charge is -2.25. The second kappa shape index (κ2) is 43.2. The molecule has 0 aliphatic heterocycles. The molecule has 6 aliphatic carbocycles. The largest absolute Gasteiger partial charge is 0.433 e. The number of amides is 2. The van der Waals surface area contributed by atoms with Gasteiger partial charge in [-0.05, 0) is 394 Å². The molecule has 2 amide bonds. The number of rotatable bonds is 14. The third-order valence-electron chi connectivity index (χ3n) is 27.7. The van der Waals surface area contributed by atoms with Crippen LogP contribution in [0, 0.1) is 34.6 Å². The van der Waals surface area contributed by atoms with Gasteiger partial charge in [0.25, 0.3) is 11.8 Å². The van der Waals surface area contributed by atoms with Gasteiger partial charge in [-0.25, -0.2) is 0 Å². The standard InChI is InChI=1S/C20H19BrF2N2O.C20H19BrN2O.C20H21BrN2.C19H17BrN2O.2C19H19BrN2/c1-20(22,23)26-14-8-6-13(7-9-14)24-18-4-2-3-15-16-11-12(21)5-10-17(16)25-19(15)18;1-12-4-2-5-13(10-12)20(24)23-18-7-3-6-15-16-11-14(21)8-9-17(16)22-19(15)18;1-12-8-13(2)10-15(9-12)22-19-5-3-4-16-17-11-14(21)6-7-18(17)23-20(16)19;20-13-9-10-16-15(11-13)14-7-4-8-17(18(14)21-16)22-19(23)12-5-2-1-3-6-12;1-12-4-2-5-14(10-12)21-18-7-3-6-15-16-11-13(20)8-9-17(16)22-19(15)18;1-12-5-8-14(9-6-12)21-18-4-2-3-15-16-11-13(20)7-10-17(16)22-19(15)18/h5-11,18,24-25H,2-4H2,1H3;2,4-5,8-11,18,22H,3,6-7H2,1H3,(H,23,24);6-11,19,22-23H,3-5H2,1-2H3;1-3,5-6,9-11,17,21H,4,7-8H2,(H,22,23);2,4-5,8-11,18,21-22H,3,6-7H2,1H3;5-11,18,21-22H,2-4H2,1H3. The third-order valence-corrected chi connectivity index (χ3v) is 30.7. The highest BCUT2D eigenvalue weighted by atomic mass is 79.9. The summed E-state index contributed by atoms with van der Waals surface area (Å²) >= 11 is 21.4. The van der Waals surface area contributed by atoms with Gasteiger partial charge in [-0.1, -0.05) is 167 Å². The maximum absolute atomic E-state index is 12.9. The van der Waals surface area contributed by atoms with E-state index in [1.807, 2.05) is 79.7 Å². The van der Waals surface area contributed by atoms with Crippen molar-refractivity contribution in [1.82, 2.24) is 40.5 Å². The molecule has 6 atom stereocenters. The van der Waals surface area contributed by atoms with Crippen molar-refractivity contribution in [2.75, 3.05) is 21.3 Å². The van der Waals surface area contributed by atoms with Gasteiger partial charge in [-0.2, -0.15) is 8.78 Å². The first-order valence-electron chi connectivity index (χ1n) is 48.7. The maximum Gasteiger partial charge on any atom is 0.394 e. The number of aromatic amines is 6. The van der Waals surface area contributed by atoms with E-state index in [0.29, 0.717) is 23.7 Å². The number of anilines is 4. The number of aromatic nitrogens is 6.